The molecule has 0 fully saturated rings. The Morgan fingerprint density at radius 2 is 1.94 bits per heavy atom. The average molecular weight is 512 g/mol. The summed E-state index contributed by atoms with van der Waals surface area (Å²) in [5, 5.41) is 6.18. The molecule has 2 atom stereocenters. The molecule has 2 heterocycles. The highest BCUT2D eigenvalue weighted by molar-refractivity contribution is 7.91. The molecular weight excluding hydrogens is 481 g/mol. The van der Waals surface area contributed by atoms with E-state index in [1.165, 1.54) is 18.3 Å². The normalized spacial score (nSPS) is 20.6. The number of carbonyl (C=O) groups is 1. The molecule has 2 bridgehead atoms. The summed E-state index contributed by atoms with van der Waals surface area (Å²) >= 11 is 0. The first-order chi connectivity index (χ1) is 17.3. The highest BCUT2D eigenvalue weighted by atomic mass is 32.2. The minimum atomic E-state index is -3.55. The number of hydrogen-bond donors (Lipinski definition) is 2. The van der Waals surface area contributed by atoms with Gasteiger partial charge in [-0.1, -0.05) is 36.8 Å². The second-order valence-electron chi connectivity index (χ2n) is 9.00. The summed E-state index contributed by atoms with van der Waals surface area (Å²) in [6.45, 7) is 2.40. The van der Waals surface area contributed by atoms with E-state index in [0.717, 1.165) is 11.1 Å². The van der Waals surface area contributed by atoms with E-state index >= 15 is 0 Å². The molecule has 2 N–H and O–H groups in total. The number of aromatic nitrogens is 1. The lowest BCUT2D eigenvalue weighted by Crippen LogP contribution is -2.48. The largest absolute Gasteiger partial charge is 0.491 e. The zero-order valence-electron chi connectivity index (χ0n) is 20.1. The number of fused-ring (bicyclic) bond motifs is 4. The van der Waals surface area contributed by atoms with Crippen LogP contribution in [0.15, 0.2) is 71.9 Å². The number of amides is 1. The summed E-state index contributed by atoms with van der Waals surface area (Å²) in [4.78, 5) is 17.4. The van der Waals surface area contributed by atoms with Crippen molar-refractivity contribution in [3.8, 4) is 16.9 Å². The van der Waals surface area contributed by atoms with Crippen LogP contribution in [0.25, 0.3) is 11.1 Å². The van der Waals surface area contributed by atoms with Gasteiger partial charge in [-0.15, -0.1) is 0 Å². The highest BCUT2D eigenvalue weighted by Crippen LogP contribution is 2.31. The van der Waals surface area contributed by atoms with E-state index in [1.54, 1.807) is 30.5 Å². The Bertz CT molecular complexity index is 1320. The molecule has 36 heavy (non-hydrogen) atoms. The third-order valence-electron chi connectivity index (χ3n) is 6.06. The van der Waals surface area contributed by atoms with Gasteiger partial charge in [0.25, 0.3) is 0 Å². The number of nitrogens with zero attached hydrogens (tertiary/aromatic N) is 1. The van der Waals surface area contributed by atoms with E-state index in [1.807, 2.05) is 25.1 Å². The zero-order valence-corrected chi connectivity index (χ0v) is 20.9. The molecule has 0 spiro atoms. The van der Waals surface area contributed by atoms with Gasteiger partial charge >= 0.3 is 0 Å². The fourth-order valence-electron chi connectivity index (χ4n) is 4.14. The third kappa shape index (κ3) is 6.67. The Kier molecular flexibility index (Phi) is 8.32. The number of nitrogens with one attached hydrogen (secondary N) is 2. The molecule has 1 aliphatic rings. The maximum absolute atomic E-state index is 13.6. The van der Waals surface area contributed by atoms with Crippen LogP contribution in [-0.4, -0.2) is 43.8 Å². The van der Waals surface area contributed by atoms with Crippen molar-refractivity contribution < 1.29 is 22.3 Å². The number of rotatable bonds is 3. The average Bonchev–Trinajstić information content (AvgIpc) is 2.86. The van der Waals surface area contributed by atoms with Crippen LogP contribution >= 0.6 is 0 Å². The molecule has 0 unspecified atom stereocenters. The minimum absolute atomic E-state index is 0.0507. The van der Waals surface area contributed by atoms with Crippen molar-refractivity contribution in [1.29, 1.82) is 0 Å². The van der Waals surface area contributed by atoms with Crippen molar-refractivity contribution >= 4 is 15.7 Å². The second kappa shape index (κ2) is 11.6. The van der Waals surface area contributed by atoms with Crippen LogP contribution in [0.3, 0.4) is 0 Å². The van der Waals surface area contributed by atoms with Gasteiger partial charge in [0.2, 0.25) is 5.91 Å². The van der Waals surface area contributed by atoms with Gasteiger partial charge in [-0.2, -0.15) is 0 Å². The summed E-state index contributed by atoms with van der Waals surface area (Å²) < 4.78 is 45.6. The molecule has 0 aliphatic carbocycles. The molecular formula is C27H30FN3O4S. The van der Waals surface area contributed by atoms with Gasteiger partial charge in [-0.05, 0) is 49.6 Å². The molecule has 4 rings (SSSR count). The number of benzene rings is 2. The van der Waals surface area contributed by atoms with Crippen LogP contribution in [-0.2, 0) is 21.2 Å². The van der Waals surface area contributed by atoms with Crippen LogP contribution in [0.2, 0.25) is 0 Å². The van der Waals surface area contributed by atoms with Crippen molar-refractivity contribution in [2.24, 2.45) is 0 Å². The minimum Gasteiger partial charge on any atom is -0.491 e. The first-order valence-electron chi connectivity index (χ1n) is 12.0. The zero-order chi connectivity index (χ0) is 25.5. The highest BCUT2D eigenvalue weighted by Gasteiger charge is 2.22. The third-order valence-corrected chi connectivity index (χ3v) is 7.83. The van der Waals surface area contributed by atoms with Gasteiger partial charge in [0, 0.05) is 30.1 Å². The van der Waals surface area contributed by atoms with Gasteiger partial charge in [-0.3, -0.25) is 9.78 Å². The molecule has 0 saturated heterocycles. The number of pyridine rings is 1. The van der Waals surface area contributed by atoms with Gasteiger partial charge in [-0.25, -0.2) is 12.8 Å². The van der Waals surface area contributed by atoms with Crippen molar-refractivity contribution in [1.82, 2.24) is 15.6 Å². The number of hydrogen-bond acceptors (Lipinski definition) is 6. The first-order valence-corrected chi connectivity index (χ1v) is 13.7. The molecule has 0 saturated carbocycles. The van der Waals surface area contributed by atoms with E-state index in [0.29, 0.717) is 37.1 Å². The lowest BCUT2D eigenvalue weighted by Gasteiger charge is -2.22. The number of sulfone groups is 1. The maximum atomic E-state index is 13.6. The van der Waals surface area contributed by atoms with Crippen molar-refractivity contribution in [3.05, 3.63) is 78.4 Å². The molecule has 190 valence electrons. The molecule has 1 aliphatic heterocycles. The fraction of sp³-hybridized carbons (Fsp3) is 0.333. The standard InChI is InChI=1S/C27H30FN3O4S/c1-19-18-35-26-11-3-2-9-24(26)21-14-23(17-29-16-21)36(33,34)12-5-4-10-25(27(32)31-19)30-15-20-7-6-8-22(28)13-20/h2-3,6-9,11,13-14,16-17,19,25,30H,4-5,10,12,15,18H2,1H3,(H,31,32)/t19-,25+/m1/s1. The van der Waals surface area contributed by atoms with Crippen LogP contribution in [0, 0.1) is 5.82 Å². The van der Waals surface area contributed by atoms with Gasteiger partial charge in [0.15, 0.2) is 9.84 Å². The molecule has 7 nitrogen and oxygen atoms in total. The smallest absolute Gasteiger partial charge is 0.237 e. The summed E-state index contributed by atoms with van der Waals surface area (Å²) in [6.07, 6.45) is 4.33. The monoisotopic (exact) mass is 511 g/mol. The topological polar surface area (TPSA) is 97.4 Å². The van der Waals surface area contributed by atoms with Crippen LogP contribution in [0.5, 0.6) is 5.75 Å². The van der Waals surface area contributed by atoms with Crippen LogP contribution in [0.1, 0.15) is 31.7 Å². The van der Waals surface area contributed by atoms with Crippen molar-refractivity contribution in [2.45, 2.75) is 49.7 Å². The Hall–Kier alpha value is -3.30. The summed E-state index contributed by atoms with van der Waals surface area (Å²) in [5.74, 6) is -0.0280. The van der Waals surface area contributed by atoms with E-state index in [4.69, 9.17) is 4.74 Å². The Labute approximate surface area is 211 Å². The van der Waals surface area contributed by atoms with Crippen molar-refractivity contribution in [2.75, 3.05) is 12.4 Å². The Morgan fingerprint density at radius 3 is 2.78 bits per heavy atom. The van der Waals surface area contributed by atoms with Crippen LogP contribution < -0.4 is 15.4 Å². The summed E-state index contributed by atoms with van der Waals surface area (Å²) in [5.41, 5.74) is 2.09. The Morgan fingerprint density at radius 1 is 1.11 bits per heavy atom. The van der Waals surface area contributed by atoms with Crippen molar-refractivity contribution in [3.63, 3.8) is 0 Å². The lowest BCUT2D eigenvalue weighted by atomic mass is 10.1. The second-order valence-corrected chi connectivity index (χ2v) is 11.1. The fourth-order valence-corrected chi connectivity index (χ4v) is 5.49. The molecule has 2 aromatic carbocycles. The van der Waals surface area contributed by atoms with Gasteiger partial charge < -0.3 is 15.4 Å². The molecule has 1 aromatic heterocycles. The molecule has 3 aromatic rings. The number of halogens is 1. The predicted molar refractivity (Wildman–Crippen MR) is 136 cm³/mol. The summed E-state index contributed by atoms with van der Waals surface area (Å²) in [6, 6.07) is 14.3. The number of carbonyl (C=O) groups excluding carboxylic acids is 1. The van der Waals surface area contributed by atoms with Crippen LogP contribution in [0.4, 0.5) is 4.39 Å². The van der Waals surface area contributed by atoms with E-state index < -0.39 is 15.9 Å². The molecule has 0 radical (unpaired) electrons. The predicted octanol–water partition coefficient (Wildman–Crippen LogP) is 3.89. The SMILES string of the molecule is C[C@@H]1COc2ccccc2-c2cncc(c2)S(=O)(=O)CCCC[C@H](NCc2cccc(F)c2)C(=O)N1. The number of para-hydroxylation sites is 1. The lowest BCUT2D eigenvalue weighted by molar-refractivity contribution is -0.124. The molecule has 9 heteroatoms. The van der Waals surface area contributed by atoms with E-state index in [2.05, 4.69) is 15.6 Å². The van der Waals surface area contributed by atoms with E-state index in [-0.39, 0.29) is 35.0 Å². The number of ether oxygens (including phenoxy) is 1. The quantitative estimate of drug-likeness (QED) is 0.554. The van der Waals surface area contributed by atoms with E-state index in [9.17, 15) is 17.6 Å². The summed E-state index contributed by atoms with van der Waals surface area (Å²) in [7, 11) is -3.55. The van der Waals surface area contributed by atoms with Gasteiger partial charge in [0.1, 0.15) is 18.2 Å². The van der Waals surface area contributed by atoms with Gasteiger partial charge in [0.05, 0.1) is 22.7 Å². The first kappa shape index (κ1) is 25.8. The Balaban J connectivity index is 1.57. The molecule has 1 amide bonds. The maximum Gasteiger partial charge on any atom is 0.237 e.